The van der Waals surface area contributed by atoms with Crippen molar-refractivity contribution in [2.24, 2.45) is 0 Å². The largest absolute Gasteiger partial charge is 0.383 e. The van der Waals surface area contributed by atoms with E-state index in [0.29, 0.717) is 0 Å². The van der Waals surface area contributed by atoms with Crippen LogP contribution >= 0.6 is 0 Å². The van der Waals surface area contributed by atoms with E-state index in [9.17, 15) is 0 Å². The quantitative estimate of drug-likeness (QED) is 0.434. The van der Waals surface area contributed by atoms with E-state index in [1.54, 1.807) is 14.2 Å². The highest BCUT2D eigenvalue weighted by atomic mass is 28.3. The lowest BCUT2D eigenvalue weighted by atomic mass is 10.5. The lowest BCUT2D eigenvalue weighted by molar-refractivity contribution is 0.123. The normalized spacial score (nSPS) is 12.1. The van der Waals surface area contributed by atoms with Gasteiger partial charge in [-0.15, -0.1) is 6.58 Å². The fourth-order valence-corrected chi connectivity index (χ4v) is 4.21. The Hall–Kier alpha value is -0.163. The Morgan fingerprint density at radius 3 is 2.00 bits per heavy atom. The number of nitrogens with zero attached hydrogens (tertiary/aromatic N) is 1. The van der Waals surface area contributed by atoms with Gasteiger partial charge in [0.15, 0.2) is 0 Å². The Balaban J connectivity index is 4.10. The van der Waals surface area contributed by atoms with Crippen molar-refractivity contribution in [2.45, 2.75) is 19.1 Å². The molecule has 0 saturated heterocycles. The molecule has 0 N–H and O–H groups in total. The van der Waals surface area contributed by atoms with Crippen LogP contribution in [0.25, 0.3) is 0 Å². The van der Waals surface area contributed by atoms with Crippen LogP contribution in [0.3, 0.4) is 0 Å². The number of rotatable bonds is 10. The average molecular weight is 245 g/mol. The molecule has 4 heteroatoms. The minimum Gasteiger partial charge on any atom is -0.383 e. The number of hydrogen-bond acceptors (Lipinski definition) is 3. The van der Waals surface area contributed by atoms with Crippen LogP contribution in [0.1, 0.15) is 0 Å². The lowest BCUT2D eigenvalue weighted by Gasteiger charge is -2.30. The molecule has 0 aromatic heterocycles. The summed E-state index contributed by atoms with van der Waals surface area (Å²) in [5, 5.41) is 0. The summed E-state index contributed by atoms with van der Waals surface area (Å²) in [4.78, 5) is 2.45. The number of hydrogen-bond donors (Lipinski definition) is 0. The molecule has 0 atom stereocenters. The highest BCUT2D eigenvalue weighted by Crippen LogP contribution is 2.11. The van der Waals surface area contributed by atoms with E-state index in [2.05, 4.69) is 30.6 Å². The summed E-state index contributed by atoms with van der Waals surface area (Å²) >= 11 is 0. The Kier molecular flexibility index (Phi) is 8.84. The van der Waals surface area contributed by atoms with E-state index in [4.69, 9.17) is 9.47 Å². The molecular weight excluding hydrogens is 218 g/mol. The van der Waals surface area contributed by atoms with Crippen LogP contribution in [0, 0.1) is 0 Å². The van der Waals surface area contributed by atoms with Gasteiger partial charge >= 0.3 is 0 Å². The lowest BCUT2D eigenvalue weighted by Crippen LogP contribution is -2.44. The smallest absolute Gasteiger partial charge is 0.0666 e. The average Bonchev–Trinajstić information content (AvgIpc) is 2.21. The standard InChI is InChI=1S/C12H27NO2Si/c1-6-11-16(4,5)12-13(7-9-14-2)8-10-15-3/h6H,1,7-12H2,2-5H3. The number of ether oxygens (including phenoxy) is 2. The Morgan fingerprint density at radius 1 is 1.12 bits per heavy atom. The third-order valence-corrected chi connectivity index (χ3v) is 5.27. The molecule has 0 aromatic carbocycles. The highest BCUT2D eigenvalue weighted by Gasteiger charge is 2.22. The van der Waals surface area contributed by atoms with Crippen molar-refractivity contribution in [3.05, 3.63) is 12.7 Å². The summed E-state index contributed by atoms with van der Waals surface area (Å²) in [5.41, 5.74) is 0. The first-order chi connectivity index (χ1) is 7.55. The first-order valence-corrected chi connectivity index (χ1v) is 9.28. The van der Waals surface area contributed by atoms with E-state index in [-0.39, 0.29) is 0 Å². The summed E-state index contributed by atoms with van der Waals surface area (Å²) in [6.45, 7) is 12.2. The summed E-state index contributed by atoms with van der Waals surface area (Å²) in [6.07, 6.45) is 3.24. The van der Waals surface area contributed by atoms with Crippen LogP contribution in [0.4, 0.5) is 0 Å². The molecule has 0 unspecified atom stereocenters. The van der Waals surface area contributed by atoms with Gasteiger partial charge < -0.3 is 14.4 Å². The van der Waals surface area contributed by atoms with Crippen LogP contribution < -0.4 is 0 Å². The zero-order valence-corrected chi connectivity index (χ0v) is 12.3. The maximum absolute atomic E-state index is 5.14. The van der Waals surface area contributed by atoms with Crippen molar-refractivity contribution < 1.29 is 9.47 Å². The van der Waals surface area contributed by atoms with Gasteiger partial charge in [0, 0.05) is 27.3 Å². The van der Waals surface area contributed by atoms with Crippen molar-refractivity contribution in [3.63, 3.8) is 0 Å². The Morgan fingerprint density at radius 2 is 1.62 bits per heavy atom. The minimum atomic E-state index is -1.17. The molecule has 16 heavy (non-hydrogen) atoms. The predicted molar refractivity (Wildman–Crippen MR) is 72.7 cm³/mol. The van der Waals surface area contributed by atoms with Crippen molar-refractivity contribution in [3.8, 4) is 0 Å². The van der Waals surface area contributed by atoms with Gasteiger partial charge in [0.25, 0.3) is 0 Å². The molecule has 0 aliphatic heterocycles. The number of allylic oxidation sites excluding steroid dienone is 1. The van der Waals surface area contributed by atoms with Crippen LogP contribution in [0.15, 0.2) is 12.7 Å². The van der Waals surface area contributed by atoms with Crippen LogP contribution in [0.2, 0.25) is 19.1 Å². The molecule has 0 rings (SSSR count). The van der Waals surface area contributed by atoms with Crippen LogP contribution in [-0.4, -0.2) is 59.7 Å². The highest BCUT2D eigenvalue weighted by molar-refractivity contribution is 6.77. The van der Waals surface area contributed by atoms with Crippen molar-refractivity contribution >= 4 is 8.07 Å². The fourth-order valence-electron chi connectivity index (χ4n) is 1.77. The maximum Gasteiger partial charge on any atom is 0.0666 e. The van der Waals surface area contributed by atoms with E-state index in [1.807, 2.05) is 0 Å². The molecule has 0 aromatic rings. The van der Waals surface area contributed by atoms with Gasteiger partial charge in [-0.1, -0.05) is 19.2 Å². The van der Waals surface area contributed by atoms with Crippen LogP contribution in [0.5, 0.6) is 0 Å². The van der Waals surface area contributed by atoms with Crippen LogP contribution in [-0.2, 0) is 9.47 Å². The summed E-state index contributed by atoms with van der Waals surface area (Å²) in [5.74, 6) is 0. The molecule has 0 spiro atoms. The molecule has 0 aliphatic rings. The minimum absolute atomic E-state index is 0.794. The van der Waals surface area contributed by atoms with Crippen molar-refractivity contribution in [1.29, 1.82) is 0 Å². The maximum atomic E-state index is 5.14. The fraction of sp³-hybridized carbons (Fsp3) is 0.833. The van der Waals surface area contributed by atoms with Gasteiger partial charge in [-0.25, -0.2) is 0 Å². The van der Waals surface area contributed by atoms with Gasteiger partial charge in [-0.05, 0) is 12.2 Å². The van der Waals surface area contributed by atoms with Gasteiger partial charge in [0.1, 0.15) is 0 Å². The zero-order valence-electron chi connectivity index (χ0n) is 11.3. The van der Waals surface area contributed by atoms with E-state index < -0.39 is 8.07 Å². The van der Waals surface area contributed by atoms with E-state index in [0.717, 1.165) is 26.3 Å². The SMILES string of the molecule is C=CC[Si](C)(C)CN(CCOC)CCOC. The molecule has 0 saturated carbocycles. The molecule has 0 heterocycles. The Bertz CT molecular complexity index is 178. The second-order valence-electron chi connectivity index (χ2n) is 4.92. The van der Waals surface area contributed by atoms with Crippen molar-refractivity contribution in [1.82, 2.24) is 4.90 Å². The molecule has 0 aliphatic carbocycles. The second kappa shape index (κ2) is 8.93. The van der Waals surface area contributed by atoms with E-state index in [1.165, 1.54) is 12.2 Å². The molecular formula is C12H27NO2Si. The van der Waals surface area contributed by atoms with E-state index >= 15 is 0 Å². The topological polar surface area (TPSA) is 21.7 Å². The molecule has 3 nitrogen and oxygen atoms in total. The first kappa shape index (κ1) is 15.8. The molecule has 0 radical (unpaired) electrons. The van der Waals surface area contributed by atoms with Gasteiger partial charge in [0.05, 0.1) is 21.3 Å². The monoisotopic (exact) mass is 245 g/mol. The van der Waals surface area contributed by atoms with Crippen molar-refractivity contribution in [2.75, 3.05) is 46.7 Å². The number of methoxy groups -OCH3 is 2. The molecule has 0 bridgehead atoms. The Labute approximate surface area is 101 Å². The molecule has 96 valence electrons. The third kappa shape index (κ3) is 8.04. The first-order valence-electron chi connectivity index (χ1n) is 5.87. The second-order valence-corrected chi connectivity index (χ2v) is 9.97. The summed E-state index contributed by atoms with van der Waals surface area (Å²) < 4.78 is 10.3. The predicted octanol–water partition coefficient (Wildman–Crippen LogP) is 2.01. The zero-order chi connectivity index (χ0) is 12.4. The summed E-state index contributed by atoms with van der Waals surface area (Å²) in [7, 11) is 2.33. The molecule has 0 amide bonds. The summed E-state index contributed by atoms with van der Waals surface area (Å²) in [6, 6.07) is 1.17. The third-order valence-electron chi connectivity index (χ3n) is 2.57. The van der Waals surface area contributed by atoms with Gasteiger partial charge in [0.2, 0.25) is 0 Å². The van der Waals surface area contributed by atoms with Gasteiger partial charge in [-0.2, -0.15) is 0 Å². The molecule has 0 fully saturated rings. The van der Waals surface area contributed by atoms with Gasteiger partial charge in [-0.3, -0.25) is 0 Å².